The number of carbonyl (C=O) groups excluding carboxylic acids is 1. The maximum Gasteiger partial charge on any atom is 0.232 e. The number of halogens is 1. The highest BCUT2D eigenvalue weighted by molar-refractivity contribution is 9.10. The number of benzene rings is 3. The second-order valence-electron chi connectivity index (χ2n) is 7.23. The second-order valence-corrected chi connectivity index (χ2v) is 8.14. The Morgan fingerprint density at radius 1 is 0.968 bits per heavy atom. The first-order valence-corrected chi connectivity index (χ1v) is 10.9. The molecule has 0 radical (unpaired) electrons. The molecular weight excluding hydrogens is 458 g/mol. The molecule has 6 heteroatoms. The smallest absolute Gasteiger partial charge is 0.232 e. The predicted octanol–water partition coefficient (Wildman–Crippen LogP) is 5.54. The van der Waals surface area contributed by atoms with Crippen LogP contribution in [0.15, 0.2) is 65.1 Å². The van der Waals surface area contributed by atoms with Gasteiger partial charge >= 0.3 is 0 Å². The minimum atomic E-state index is -0.298. The van der Waals surface area contributed by atoms with Crippen LogP contribution in [0.25, 0.3) is 0 Å². The number of amides is 1. The number of methoxy groups -OCH3 is 2. The van der Waals surface area contributed by atoms with Crippen LogP contribution in [-0.2, 0) is 11.2 Å². The Kier molecular flexibility index (Phi) is 6.18. The second kappa shape index (κ2) is 9.02. The molecule has 0 aliphatic carbocycles. The van der Waals surface area contributed by atoms with Crippen molar-refractivity contribution in [3.05, 3.63) is 81.8 Å². The van der Waals surface area contributed by atoms with E-state index in [9.17, 15) is 4.79 Å². The monoisotopic (exact) mass is 481 g/mol. The van der Waals surface area contributed by atoms with Crippen LogP contribution in [0.1, 0.15) is 29.7 Å². The summed E-state index contributed by atoms with van der Waals surface area (Å²) in [6.45, 7) is 2.56. The molecule has 5 nitrogen and oxygen atoms in total. The first kappa shape index (κ1) is 21.2. The zero-order valence-corrected chi connectivity index (χ0v) is 19.3. The summed E-state index contributed by atoms with van der Waals surface area (Å²) < 4.78 is 17.6. The van der Waals surface area contributed by atoms with E-state index in [1.54, 1.807) is 14.2 Å². The summed E-state index contributed by atoms with van der Waals surface area (Å²) in [6, 6.07) is 19.3. The third kappa shape index (κ3) is 4.12. The average Bonchev–Trinajstić information content (AvgIpc) is 2.79. The molecular formula is C25H24BrNO4. The minimum absolute atomic E-state index is 0.0286. The van der Waals surface area contributed by atoms with Crippen LogP contribution >= 0.6 is 15.9 Å². The molecule has 0 aromatic heterocycles. The number of hydrogen-bond donors (Lipinski definition) is 0. The van der Waals surface area contributed by atoms with Gasteiger partial charge in [-0.25, -0.2) is 0 Å². The number of nitrogens with zero attached hydrogens (tertiary/aromatic N) is 1. The fraction of sp³-hybridized carbons (Fsp3) is 0.240. The standard InChI is InChI=1S/C25H24BrNO4/c1-4-31-20-11-5-16(6-12-20)25-21-15-23(30-3)22(29-2)13-17(21)14-24(28)27(25)19-9-7-18(26)8-10-19/h5-13,15,25H,4,14H2,1-3H3/t25-/m1/s1. The topological polar surface area (TPSA) is 48.0 Å². The summed E-state index contributed by atoms with van der Waals surface area (Å²) in [5.74, 6) is 2.09. The maximum absolute atomic E-state index is 13.4. The highest BCUT2D eigenvalue weighted by Gasteiger charge is 2.36. The van der Waals surface area contributed by atoms with Crippen molar-refractivity contribution < 1.29 is 19.0 Å². The number of carbonyl (C=O) groups is 1. The van der Waals surface area contributed by atoms with Crippen molar-refractivity contribution in [1.82, 2.24) is 0 Å². The van der Waals surface area contributed by atoms with Crippen LogP contribution in [0.4, 0.5) is 5.69 Å². The third-order valence-electron chi connectivity index (χ3n) is 5.42. The van der Waals surface area contributed by atoms with E-state index in [-0.39, 0.29) is 11.9 Å². The van der Waals surface area contributed by atoms with Gasteiger partial charge in [0.05, 0.1) is 33.3 Å². The molecule has 1 heterocycles. The molecule has 160 valence electrons. The molecule has 0 saturated heterocycles. The quantitative estimate of drug-likeness (QED) is 0.463. The number of anilines is 1. The molecule has 0 unspecified atom stereocenters. The molecule has 0 N–H and O–H groups in total. The Hall–Kier alpha value is -2.99. The van der Waals surface area contributed by atoms with Crippen LogP contribution in [-0.4, -0.2) is 26.7 Å². The van der Waals surface area contributed by atoms with E-state index in [1.165, 1.54) is 0 Å². The van der Waals surface area contributed by atoms with Crippen molar-refractivity contribution in [2.24, 2.45) is 0 Å². The van der Waals surface area contributed by atoms with E-state index in [2.05, 4.69) is 15.9 Å². The molecule has 3 aromatic carbocycles. The summed E-state index contributed by atoms with van der Waals surface area (Å²) in [7, 11) is 3.23. The number of fused-ring (bicyclic) bond motifs is 1. The summed E-state index contributed by atoms with van der Waals surface area (Å²) in [5, 5.41) is 0. The molecule has 4 rings (SSSR count). The SMILES string of the molecule is CCOc1ccc([C@@H]2c3cc(OC)c(OC)cc3CC(=O)N2c2ccc(Br)cc2)cc1. The number of ether oxygens (including phenoxy) is 3. The Morgan fingerprint density at radius 2 is 1.61 bits per heavy atom. The van der Waals surface area contributed by atoms with Gasteiger partial charge in [-0.1, -0.05) is 28.1 Å². The summed E-state index contributed by atoms with van der Waals surface area (Å²) in [4.78, 5) is 15.2. The van der Waals surface area contributed by atoms with Gasteiger partial charge in [0, 0.05) is 10.2 Å². The Bertz CT molecular complexity index is 1080. The molecule has 1 aliphatic rings. The van der Waals surface area contributed by atoms with Crippen molar-refractivity contribution in [1.29, 1.82) is 0 Å². The predicted molar refractivity (Wildman–Crippen MR) is 124 cm³/mol. The molecule has 3 aromatic rings. The first-order chi connectivity index (χ1) is 15.0. The van der Waals surface area contributed by atoms with E-state index in [0.29, 0.717) is 24.5 Å². The van der Waals surface area contributed by atoms with Gasteiger partial charge in [-0.3, -0.25) is 4.79 Å². The van der Waals surface area contributed by atoms with Gasteiger partial charge in [-0.2, -0.15) is 0 Å². The van der Waals surface area contributed by atoms with Gasteiger partial charge in [-0.05, 0) is 72.1 Å². The lowest BCUT2D eigenvalue weighted by atomic mass is 9.86. The zero-order valence-electron chi connectivity index (χ0n) is 17.7. The molecule has 0 saturated carbocycles. The lowest BCUT2D eigenvalue weighted by molar-refractivity contribution is -0.118. The van der Waals surface area contributed by atoms with Crippen molar-refractivity contribution in [3.63, 3.8) is 0 Å². The summed E-state index contributed by atoms with van der Waals surface area (Å²) in [5.41, 5.74) is 3.79. The van der Waals surface area contributed by atoms with E-state index in [4.69, 9.17) is 14.2 Å². The molecule has 0 fully saturated rings. The van der Waals surface area contributed by atoms with Gasteiger partial charge < -0.3 is 19.1 Å². The maximum atomic E-state index is 13.4. The van der Waals surface area contributed by atoms with Crippen LogP contribution in [0.5, 0.6) is 17.2 Å². The summed E-state index contributed by atoms with van der Waals surface area (Å²) in [6.07, 6.45) is 0.291. The lowest BCUT2D eigenvalue weighted by Gasteiger charge is -2.38. The number of hydrogen-bond acceptors (Lipinski definition) is 4. The third-order valence-corrected chi connectivity index (χ3v) is 5.95. The Morgan fingerprint density at radius 3 is 2.23 bits per heavy atom. The van der Waals surface area contributed by atoms with E-state index < -0.39 is 0 Å². The lowest BCUT2D eigenvalue weighted by Crippen LogP contribution is -2.41. The highest BCUT2D eigenvalue weighted by Crippen LogP contribution is 2.43. The fourth-order valence-corrected chi connectivity index (χ4v) is 4.28. The van der Waals surface area contributed by atoms with Gasteiger partial charge in [0.25, 0.3) is 0 Å². The zero-order chi connectivity index (χ0) is 22.0. The molecule has 1 amide bonds. The van der Waals surface area contributed by atoms with Crippen molar-refractivity contribution in [3.8, 4) is 17.2 Å². The van der Waals surface area contributed by atoms with Crippen molar-refractivity contribution in [2.45, 2.75) is 19.4 Å². The van der Waals surface area contributed by atoms with Crippen LogP contribution < -0.4 is 19.1 Å². The Labute approximate surface area is 190 Å². The average molecular weight is 482 g/mol. The van der Waals surface area contributed by atoms with Gasteiger partial charge in [0.15, 0.2) is 11.5 Å². The highest BCUT2D eigenvalue weighted by atomic mass is 79.9. The largest absolute Gasteiger partial charge is 0.494 e. The normalized spacial score (nSPS) is 15.4. The van der Waals surface area contributed by atoms with Gasteiger partial charge in [-0.15, -0.1) is 0 Å². The molecule has 0 bridgehead atoms. The molecule has 1 atom stereocenters. The van der Waals surface area contributed by atoms with Crippen LogP contribution in [0, 0.1) is 0 Å². The number of rotatable bonds is 6. The van der Waals surface area contributed by atoms with E-state index >= 15 is 0 Å². The minimum Gasteiger partial charge on any atom is -0.494 e. The van der Waals surface area contributed by atoms with E-state index in [1.807, 2.05) is 72.5 Å². The van der Waals surface area contributed by atoms with E-state index in [0.717, 1.165) is 32.6 Å². The molecule has 1 aliphatic heterocycles. The van der Waals surface area contributed by atoms with Crippen LogP contribution in [0.2, 0.25) is 0 Å². The van der Waals surface area contributed by atoms with Gasteiger partial charge in [0.2, 0.25) is 5.91 Å². The summed E-state index contributed by atoms with van der Waals surface area (Å²) >= 11 is 3.48. The molecule has 0 spiro atoms. The van der Waals surface area contributed by atoms with Gasteiger partial charge in [0.1, 0.15) is 5.75 Å². The van der Waals surface area contributed by atoms with Crippen molar-refractivity contribution >= 4 is 27.5 Å². The van der Waals surface area contributed by atoms with Crippen molar-refractivity contribution in [2.75, 3.05) is 25.7 Å². The fourth-order valence-electron chi connectivity index (χ4n) is 4.01. The molecule has 31 heavy (non-hydrogen) atoms. The Balaban J connectivity index is 1.89. The van der Waals surface area contributed by atoms with Crippen LogP contribution in [0.3, 0.4) is 0 Å². The first-order valence-electron chi connectivity index (χ1n) is 10.1.